The van der Waals surface area contributed by atoms with E-state index in [0.29, 0.717) is 17.7 Å². The molecule has 4 heteroatoms. The molecule has 0 radical (unpaired) electrons. The Kier molecular flexibility index (Phi) is 6.94. The van der Waals surface area contributed by atoms with Gasteiger partial charge in [0.2, 0.25) is 5.88 Å². The normalized spacial score (nSPS) is 12.4. The molecule has 0 bridgehead atoms. The summed E-state index contributed by atoms with van der Waals surface area (Å²) in [6.07, 6.45) is 8.17. The molecule has 0 fully saturated rings. The van der Waals surface area contributed by atoms with Gasteiger partial charge in [-0.25, -0.2) is 4.98 Å². The average molecular weight is 257 g/mol. The lowest BCUT2D eigenvalue weighted by atomic mass is 10.0. The summed E-state index contributed by atoms with van der Waals surface area (Å²) in [4.78, 5) is 8.31. The number of nitrogens with zero attached hydrogens (tertiary/aromatic N) is 2. The van der Waals surface area contributed by atoms with Crippen molar-refractivity contribution >= 4 is 11.6 Å². The van der Waals surface area contributed by atoms with E-state index in [9.17, 15) is 0 Å². The predicted molar refractivity (Wildman–Crippen MR) is 70.4 cm³/mol. The van der Waals surface area contributed by atoms with Gasteiger partial charge in [0, 0.05) is 0 Å². The second-order valence-electron chi connectivity index (χ2n) is 4.21. The van der Waals surface area contributed by atoms with Crippen molar-refractivity contribution in [1.82, 2.24) is 9.97 Å². The Labute approximate surface area is 109 Å². The van der Waals surface area contributed by atoms with E-state index in [1.807, 2.05) is 0 Å². The van der Waals surface area contributed by atoms with Crippen LogP contribution in [0.15, 0.2) is 12.4 Å². The topological polar surface area (TPSA) is 35.0 Å². The summed E-state index contributed by atoms with van der Waals surface area (Å²) in [5.74, 6) is 1.60. The maximum atomic E-state index is 5.64. The molecule has 0 amide bonds. The van der Waals surface area contributed by atoms with E-state index >= 15 is 0 Å². The lowest BCUT2D eigenvalue weighted by Gasteiger charge is -2.14. The summed E-state index contributed by atoms with van der Waals surface area (Å²) in [6, 6.07) is 0. The predicted octanol–water partition coefficient (Wildman–Crippen LogP) is 3.81. The van der Waals surface area contributed by atoms with Gasteiger partial charge in [0.15, 0.2) is 0 Å². The highest BCUT2D eigenvalue weighted by Crippen LogP contribution is 2.14. The SMILES string of the molecule is CCCCC(CC)COc1cnc(CCl)cn1. The zero-order chi connectivity index (χ0) is 12.5. The third kappa shape index (κ3) is 5.35. The number of alkyl halides is 1. The largest absolute Gasteiger partial charge is 0.476 e. The fourth-order valence-electron chi connectivity index (χ4n) is 1.59. The van der Waals surface area contributed by atoms with E-state index in [1.54, 1.807) is 12.4 Å². The zero-order valence-corrected chi connectivity index (χ0v) is 11.4. The van der Waals surface area contributed by atoms with Gasteiger partial charge >= 0.3 is 0 Å². The summed E-state index contributed by atoms with van der Waals surface area (Å²) in [5, 5.41) is 0. The molecule has 0 aliphatic heterocycles. The molecule has 1 aromatic rings. The van der Waals surface area contributed by atoms with Crippen LogP contribution in [0.3, 0.4) is 0 Å². The molecule has 1 atom stereocenters. The maximum absolute atomic E-state index is 5.64. The first-order valence-corrected chi connectivity index (χ1v) is 6.83. The Hall–Kier alpha value is -0.830. The van der Waals surface area contributed by atoms with Crippen molar-refractivity contribution in [3.63, 3.8) is 0 Å². The zero-order valence-electron chi connectivity index (χ0n) is 10.7. The van der Waals surface area contributed by atoms with E-state index in [4.69, 9.17) is 16.3 Å². The quantitative estimate of drug-likeness (QED) is 0.664. The molecule has 1 aromatic heterocycles. The van der Waals surface area contributed by atoms with Crippen LogP contribution in [-0.4, -0.2) is 16.6 Å². The van der Waals surface area contributed by atoms with Crippen LogP contribution in [0.1, 0.15) is 45.2 Å². The smallest absolute Gasteiger partial charge is 0.232 e. The Morgan fingerprint density at radius 3 is 2.65 bits per heavy atom. The highest BCUT2D eigenvalue weighted by atomic mass is 35.5. The minimum atomic E-state index is 0.390. The van der Waals surface area contributed by atoms with E-state index in [1.165, 1.54) is 19.3 Å². The molecule has 1 unspecified atom stereocenters. The molecule has 96 valence electrons. The van der Waals surface area contributed by atoms with Crippen LogP contribution in [0.5, 0.6) is 5.88 Å². The molecule has 0 saturated heterocycles. The Bertz CT molecular complexity index is 303. The van der Waals surface area contributed by atoms with Gasteiger partial charge in [0.05, 0.1) is 30.6 Å². The first-order valence-electron chi connectivity index (χ1n) is 6.29. The van der Waals surface area contributed by atoms with Crippen LogP contribution >= 0.6 is 11.6 Å². The van der Waals surface area contributed by atoms with E-state index in [-0.39, 0.29) is 0 Å². The van der Waals surface area contributed by atoms with Gasteiger partial charge in [-0.1, -0.05) is 33.1 Å². The van der Waals surface area contributed by atoms with Crippen LogP contribution < -0.4 is 4.74 Å². The fraction of sp³-hybridized carbons (Fsp3) is 0.692. The van der Waals surface area contributed by atoms with Gasteiger partial charge in [-0.05, 0) is 12.3 Å². The minimum absolute atomic E-state index is 0.390. The van der Waals surface area contributed by atoms with Gasteiger partial charge in [0.25, 0.3) is 0 Å². The van der Waals surface area contributed by atoms with Crippen LogP contribution in [0.2, 0.25) is 0 Å². The molecular formula is C13H21ClN2O. The average Bonchev–Trinajstić information content (AvgIpc) is 2.39. The van der Waals surface area contributed by atoms with Crippen LogP contribution in [0.25, 0.3) is 0 Å². The number of halogens is 1. The molecule has 0 aliphatic carbocycles. The molecule has 0 saturated carbocycles. The van der Waals surface area contributed by atoms with Gasteiger partial charge in [-0.15, -0.1) is 11.6 Å². The maximum Gasteiger partial charge on any atom is 0.232 e. The molecule has 0 aromatic carbocycles. The number of hydrogen-bond acceptors (Lipinski definition) is 3. The number of rotatable bonds is 8. The van der Waals surface area contributed by atoms with Gasteiger partial charge < -0.3 is 4.74 Å². The van der Waals surface area contributed by atoms with Crippen molar-refractivity contribution in [2.45, 2.75) is 45.4 Å². The molecule has 0 N–H and O–H groups in total. The lowest BCUT2D eigenvalue weighted by molar-refractivity contribution is 0.225. The summed E-state index contributed by atoms with van der Waals surface area (Å²) in [7, 11) is 0. The van der Waals surface area contributed by atoms with Crippen molar-refractivity contribution in [3.05, 3.63) is 18.1 Å². The van der Waals surface area contributed by atoms with E-state index < -0.39 is 0 Å². The summed E-state index contributed by atoms with van der Waals surface area (Å²) >= 11 is 5.64. The van der Waals surface area contributed by atoms with Crippen LogP contribution in [0.4, 0.5) is 0 Å². The first kappa shape index (κ1) is 14.2. The van der Waals surface area contributed by atoms with Gasteiger partial charge in [0.1, 0.15) is 0 Å². The van der Waals surface area contributed by atoms with Gasteiger partial charge in [-0.3, -0.25) is 4.98 Å². The van der Waals surface area contributed by atoms with Crippen molar-refractivity contribution < 1.29 is 4.74 Å². The van der Waals surface area contributed by atoms with Crippen LogP contribution in [-0.2, 0) is 5.88 Å². The second-order valence-corrected chi connectivity index (χ2v) is 4.47. The van der Waals surface area contributed by atoms with E-state index in [2.05, 4.69) is 23.8 Å². The van der Waals surface area contributed by atoms with Crippen molar-refractivity contribution in [2.75, 3.05) is 6.61 Å². The third-order valence-corrected chi connectivity index (χ3v) is 3.10. The van der Waals surface area contributed by atoms with Crippen molar-refractivity contribution in [3.8, 4) is 5.88 Å². The number of hydrogen-bond donors (Lipinski definition) is 0. The highest BCUT2D eigenvalue weighted by molar-refractivity contribution is 6.16. The summed E-state index contributed by atoms with van der Waals surface area (Å²) < 4.78 is 5.64. The monoisotopic (exact) mass is 256 g/mol. The number of aromatic nitrogens is 2. The fourth-order valence-corrected chi connectivity index (χ4v) is 1.73. The molecule has 0 aliphatic rings. The molecule has 3 nitrogen and oxygen atoms in total. The second kappa shape index (κ2) is 8.29. The van der Waals surface area contributed by atoms with E-state index in [0.717, 1.165) is 18.7 Å². The lowest BCUT2D eigenvalue weighted by Crippen LogP contribution is -2.12. The van der Waals surface area contributed by atoms with Crippen LogP contribution in [0, 0.1) is 5.92 Å². The molecular weight excluding hydrogens is 236 g/mol. The standard InChI is InChI=1S/C13H21ClN2O/c1-3-5-6-11(4-2)10-17-13-9-15-12(7-14)8-16-13/h8-9,11H,3-7,10H2,1-2H3. The molecule has 1 heterocycles. The molecule has 0 spiro atoms. The Balaban J connectivity index is 2.36. The molecule has 17 heavy (non-hydrogen) atoms. The first-order chi connectivity index (χ1) is 8.30. The van der Waals surface area contributed by atoms with Gasteiger partial charge in [-0.2, -0.15) is 0 Å². The highest BCUT2D eigenvalue weighted by Gasteiger charge is 2.07. The summed E-state index contributed by atoms with van der Waals surface area (Å²) in [6.45, 7) is 5.14. The minimum Gasteiger partial charge on any atom is -0.476 e. The summed E-state index contributed by atoms with van der Waals surface area (Å²) in [5.41, 5.74) is 0.775. The third-order valence-electron chi connectivity index (χ3n) is 2.83. The number of ether oxygens (including phenoxy) is 1. The van der Waals surface area contributed by atoms with Crippen molar-refractivity contribution in [1.29, 1.82) is 0 Å². The molecule has 1 rings (SSSR count). The van der Waals surface area contributed by atoms with Crippen molar-refractivity contribution in [2.24, 2.45) is 5.92 Å². The Morgan fingerprint density at radius 1 is 1.29 bits per heavy atom. The number of unbranched alkanes of at least 4 members (excludes halogenated alkanes) is 1. The Morgan fingerprint density at radius 2 is 2.12 bits per heavy atom.